The van der Waals surface area contributed by atoms with Gasteiger partial charge in [-0.15, -0.1) is 11.3 Å². The minimum Gasteiger partial charge on any atom is -0.486 e. The van der Waals surface area contributed by atoms with Gasteiger partial charge in [0.2, 0.25) is 5.91 Å². The molecule has 0 saturated carbocycles. The molecule has 7 nitrogen and oxygen atoms in total. The van der Waals surface area contributed by atoms with E-state index in [9.17, 15) is 13.2 Å². The van der Waals surface area contributed by atoms with Crippen LogP contribution in [0.1, 0.15) is 12.8 Å². The van der Waals surface area contributed by atoms with Crippen molar-refractivity contribution in [3.63, 3.8) is 0 Å². The molecule has 0 radical (unpaired) electrons. The minimum atomic E-state index is -3.05. The van der Waals surface area contributed by atoms with Gasteiger partial charge in [-0.2, -0.15) is 0 Å². The van der Waals surface area contributed by atoms with E-state index in [1.807, 2.05) is 23.6 Å². The van der Waals surface area contributed by atoms with Crippen LogP contribution in [0.2, 0.25) is 0 Å². The molecule has 1 N–H and O–H groups in total. The largest absolute Gasteiger partial charge is 0.486 e. The summed E-state index contributed by atoms with van der Waals surface area (Å²) in [6.45, 7) is 1.06. The Morgan fingerprint density at radius 3 is 2.80 bits per heavy atom. The molecule has 3 rings (SSSR count). The van der Waals surface area contributed by atoms with Gasteiger partial charge in [-0.3, -0.25) is 4.79 Å². The van der Waals surface area contributed by atoms with Crippen molar-refractivity contribution < 1.29 is 22.7 Å². The lowest BCUT2D eigenvalue weighted by molar-refractivity contribution is -0.116. The van der Waals surface area contributed by atoms with Gasteiger partial charge in [0, 0.05) is 23.6 Å². The highest BCUT2D eigenvalue weighted by Crippen LogP contribution is 2.35. The molecule has 0 fully saturated rings. The van der Waals surface area contributed by atoms with E-state index in [1.54, 1.807) is 0 Å². The Morgan fingerprint density at radius 2 is 2.04 bits per heavy atom. The lowest BCUT2D eigenvalue weighted by Crippen LogP contribution is -2.15. The van der Waals surface area contributed by atoms with Crippen LogP contribution in [0, 0.1) is 0 Å². The monoisotopic (exact) mass is 382 g/mol. The third kappa shape index (κ3) is 4.93. The number of hydrogen-bond donors (Lipinski definition) is 1. The maximum atomic E-state index is 11.9. The summed E-state index contributed by atoms with van der Waals surface area (Å²) in [5.41, 5.74) is 1.60. The van der Waals surface area contributed by atoms with Gasteiger partial charge in [0.15, 0.2) is 16.6 Å². The second kappa shape index (κ2) is 7.40. The molecule has 1 aliphatic rings. The zero-order chi connectivity index (χ0) is 17.9. The summed E-state index contributed by atoms with van der Waals surface area (Å²) >= 11 is 1.32. The van der Waals surface area contributed by atoms with Crippen molar-refractivity contribution in [2.45, 2.75) is 12.8 Å². The molecule has 134 valence electrons. The van der Waals surface area contributed by atoms with E-state index in [4.69, 9.17) is 9.47 Å². The van der Waals surface area contributed by atoms with Gasteiger partial charge in [-0.05, 0) is 24.6 Å². The molecule has 0 unspecified atom stereocenters. The quantitative estimate of drug-likeness (QED) is 0.824. The number of fused-ring (bicyclic) bond motifs is 1. The number of ether oxygens (including phenoxy) is 2. The molecular formula is C16H18N2O5S2. The third-order valence-corrected chi connectivity index (χ3v) is 5.30. The summed E-state index contributed by atoms with van der Waals surface area (Å²) in [7, 11) is -3.05. The normalized spacial score (nSPS) is 13.5. The van der Waals surface area contributed by atoms with E-state index in [2.05, 4.69) is 10.3 Å². The van der Waals surface area contributed by atoms with E-state index in [-0.39, 0.29) is 18.1 Å². The Kier molecular flexibility index (Phi) is 5.24. The Labute approximate surface area is 149 Å². The van der Waals surface area contributed by atoms with E-state index in [0.29, 0.717) is 36.3 Å². The molecule has 0 aliphatic carbocycles. The molecule has 2 heterocycles. The fraction of sp³-hybridized carbons (Fsp3) is 0.375. The summed E-state index contributed by atoms with van der Waals surface area (Å²) in [4.78, 5) is 16.3. The van der Waals surface area contributed by atoms with Crippen molar-refractivity contribution in [1.29, 1.82) is 0 Å². The zero-order valence-corrected chi connectivity index (χ0v) is 15.3. The van der Waals surface area contributed by atoms with E-state index < -0.39 is 9.84 Å². The fourth-order valence-electron chi connectivity index (χ4n) is 2.34. The standard InChI is InChI=1S/C16H18N2O5S2/c1-25(20,21)8-2-3-15(19)18-16-17-12(10-24-16)11-4-5-13-14(9-11)23-7-6-22-13/h4-5,9-10H,2-3,6-8H2,1H3,(H,17,18,19). The smallest absolute Gasteiger partial charge is 0.226 e. The number of benzene rings is 1. The number of nitrogens with zero attached hydrogens (tertiary/aromatic N) is 1. The molecule has 0 saturated heterocycles. The first-order valence-electron chi connectivity index (χ1n) is 7.74. The van der Waals surface area contributed by atoms with Crippen molar-refractivity contribution in [1.82, 2.24) is 4.98 Å². The highest BCUT2D eigenvalue weighted by molar-refractivity contribution is 7.90. The van der Waals surface area contributed by atoms with Gasteiger partial charge in [0.1, 0.15) is 23.1 Å². The first-order valence-corrected chi connectivity index (χ1v) is 10.7. The van der Waals surface area contributed by atoms with Crippen LogP contribution in [0.3, 0.4) is 0 Å². The molecule has 0 atom stereocenters. The number of rotatable bonds is 6. The summed E-state index contributed by atoms with van der Waals surface area (Å²) in [6, 6.07) is 5.59. The zero-order valence-electron chi connectivity index (χ0n) is 13.6. The topological polar surface area (TPSA) is 94.6 Å². The van der Waals surface area contributed by atoms with Crippen LogP contribution in [-0.4, -0.2) is 44.5 Å². The molecule has 1 aliphatic heterocycles. The second-order valence-corrected chi connectivity index (χ2v) is 8.80. The molecule has 1 amide bonds. The first-order chi connectivity index (χ1) is 11.9. The number of sulfone groups is 1. The van der Waals surface area contributed by atoms with Crippen LogP contribution in [0.4, 0.5) is 5.13 Å². The van der Waals surface area contributed by atoms with Crippen molar-refractivity contribution in [3.8, 4) is 22.8 Å². The molecule has 25 heavy (non-hydrogen) atoms. The molecule has 1 aromatic heterocycles. The van der Waals surface area contributed by atoms with Gasteiger partial charge >= 0.3 is 0 Å². The Hall–Kier alpha value is -2.13. The summed E-state index contributed by atoms with van der Waals surface area (Å²) in [5, 5.41) is 5.02. The number of thiazole rings is 1. The number of aromatic nitrogens is 1. The van der Waals surface area contributed by atoms with Gasteiger partial charge in [-0.25, -0.2) is 13.4 Å². The van der Waals surface area contributed by atoms with Crippen molar-refractivity contribution in [2.75, 3.05) is 30.5 Å². The number of anilines is 1. The molecule has 1 aromatic carbocycles. The van der Waals surface area contributed by atoms with E-state index in [1.165, 1.54) is 11.3 Å². The Morgan fingerprint density at radius 1 is 1.28 bits per heavy atom. The summed E-state index contributed by atoms with van der Waals surface area (Å²) < 4.78 is 33.2. The Balaban J connectivity index is 1.61. The highest BCUT2D eigenvalue weighted by Gasteiger charge is 2.14. The van der Waals surface area contributed by atoms with Crippen molar-refractivity contribution in [3.05, 3.63) is 23.6 Å². The van der Waals surface area contributed by atoms with Gasteiger partial charge in [-0.1, -0.05) is 0 Å². The maximum absolute atomic E-state index is 11.9. The molecule has 0 spiro atoms. The summed E-state index contributed by atoms with van der Waals surface area (Å²) in [5.74, 6) is 1.15. The average Bonchev–Trinajstić information content (AvgIpc) is 3.01. The van der Waals surface area contributed by atoms with Crippen LogP contribution < -0.4 is 14.8 Å². The molecular weight excluding hydrogens is 364 g/mol. The van der Waals surface area contributed by atoms with Gasteiger partial charge < -0.3 is 14.8 Å². The highest BCUT2D eigenvalue weighted by atomic mass is 32.2. The lowest BCUT2D eigenvalue weighted by Gasteiger charge is -2.18. The van der Waals surface area contributed by atoms with Crippen LogP contribution in [-0.2, 0) is 14.6 Å². The van der Waals surface area contributed by atoms with E-state index in [0.717, 1.165) is 17.5 Å². The maximum Gasteiger partial charge on any atom is 0.226 e. The third-order valence-electron chi connectivity index (χ3n) is 3.51. The van der Waals surface area contributed by atoms with Crippen molar-refractivity contribution >= 4 is 32.2 Å². The molecule has 0 bridgehead atoms. The number of carbonyl (C=O) groups excluding carboxylic acids is 1. The average molecular weight is 382 g/mol. The predicted octanol–water partition coefficient (Wildman–Crippen LogP) is 2.34. The number of hydrogen-bond acceptors (Lipinski definition) is 7. The lowest BCUT2D eigenvalue weighted by atomic mass is 10.1. The van der Waals surface area contributed by atoms with Crippen LogP contribution in [0.5, 0.6) is 11.5 Å². The van der Waals surface area contributed by atoms with E-state index >= 15 is 0 Å². The van der Waals surface area contributed by atoms with Crippen LogP contribution in [0.15, 0.2) is 23.6 Å². The predicted molar refractivity (Wildman–Crippen MR) is 96.1 cm³/mol. The SMILES string of the molecule is CS(=O)(=O)CCCC(=O)Nc1nc(-c2ccc3c(c2)OCCO3)cs1. The summed E-state index contributed by atoms with van der Waals surface area (Å²) in [6.07, 6.45) is 1.60. The number of carbonyl (C=O) groups is 1. The van der Waals surface area contributed by atoms with Crippen LogP contribution >= 0.6 is 11.3 Å². The number of amides is 1. The number of nitrogens with one attached hydrogen (secondary N) is 1. The fourth-order valence-corrected chi connectivity index (χ4v) is 3.75. The molecule has 2 aromatic rings. The van der Waals surface area contributed by atoms with Gasteiger partial charge in [0.25, 0.3) is 0 Å². The Bertz CT molecular complexity index is 876. The first kappa shape index (κ1) is 17.7. The second-order valence-electron chi connectivity index (χ2n) is 5.68. The van der Waals surface area contributed by atoms with Crippen molar-refractivity contribution in [2.24, 2.45) is 0 Å². The molecule has 9 heteroatoms. The van der Waals surface area contributed by atoms with Crippen LogP contribution in [0.25, 0.3) is 11.3 Å². The minimum absolute atomic E-state index is 0.000730. The van der Waals surface area contributed by atoms with Gasteiger partial charge in [0.05, 0.1) is 11.4 Å².